The third-order valence-corrected chi connectivity index (χ3v) is 6.69. The average molecular weight is 494 g/mol. The summed E-state index contributed by atoms with van der Waals surface area (Å²) in [5, 5.41) is 0. The van der Waals surface area contributed by atoms with E-state index in [2.05, 4.69) is 24.7 Å². The first-order chi connectivity index (χ1) is 16.0. The summed E-state index contributed by atoms with van der Waals surface area (Å²) >= 11 is 0. The van der Waals surface area contributed by atoms with Gasteiger partial charge >= 0.3 is 0 Å². The van der Waals surface area contributed by atoms with E-state index in [-0.39, 0.29) is 21.8 Å². The quantitative estimate of drug-likeness (QED) is 0.487. The molecule has 0 saturated carbocycles. The van der Waals surface area contributed by atoms with Crippen LogP contribution in [-0.4, -0.2) is 59.5 Å². The average Bonchev–Trinajstić information content (AvgIpc) is 2.81. The first kappa shape index (κ1) is 26.9. The summed E-state index contributed by atoms with van der Waals surface area (Å²) in [4.78, 5) is 24.9. The summed E-state index contributed by atoms with van der Waals surface area (Å²) in [7, 11) is 1.69. The first-order valence-corrected chi connectivity index (χ1v) is 12.0. The van der Waals surface area contributed by atoms with E-state index < -0.39 is 21.8 Å². The van der Waals surface area contributed by atoms with Crippen LogP contribution in [0.25, 0.3) is 0 Å². The highest BCUT2D eigenvalue weighted by atomic mass is 32.2. The third-order valence-electron chi connectivity index (χ3n) is 4.85. The van der Waals surface area contributed by atoms with Crippen LogP contribution in [0.3, 0.4) is 0 Å². The van der Waals surface area contributed by atoms with Crippen molar-refractivity contribution < 1.29 is 32.2 Å². The number of hydrazine groups is 1. The van der Waals surface area contributed by atoms with Gasteiger partial charge in [-0.15, -0.1) is 0 Å². The van der Waals surface area contributed by atoms with E-state index in [0.29, 0.717) is 24.0 Å². The van der Waals surface area contributed by atoms with Gasteiger partial charge in [0, 0.05) is 25.2 Å². The normalized spacial score (nSPS) is 11.3. The van der Waals surface area contributed by atoms with Gasteiger partial charge in [0.1, 0.15) is 10.6 Å². The van der Waals surface area contributed by atoms with Gasteiger partial charge in [-0.2, -0.15) is 0 Å². The van der Waals surface area contributed by atoms with Crippen LogP contribution in [0.4, 0.5) is 0 Å². The van der Waals surface area contributed by atoms with E-state index in [4.69, 9.17) is 14.2 Å². The Morgan fingerprint density at radius 2 is 1.41 bits per heavy atom. The molecular formula is C23H31N3O7S. The van der Waals surface area contributed by atoms with E-state index in [0.717, 1.165) is 10.7 Å². The summed E-state index contributed by atoms with van der Waals surface area (Å²) in [6.07, 6.45) is 0.875. The summed E-state index contributed by atoms with van der Waals surface area (Å²) in [6.45, 7) is 4.70. The van der Waals surface area contributed by atoms with E-state index >= 15 is 0 Å². The molecule has 0 bridgehead atoms. The second kappa shape index (κ2) is 11.7. The third kappa shape index (κ3) is 6.61. The molecule has 0 aliphatic carbocycles. The van der Waals surface area contributed by atoms with Crippen molar-refractivity contribution in [1.82, 2.24) is 15.2 Å². The standard InChI is InChI=1S/C23H31N3O7S/c1-15(2)11-12-33-18-9-7-16(13-20(18)32-6)22(27)24-25-23(28)17-8-10-19(31-5)21(14-17)34(29,30)26(3)4/h7-10,13-15H,11-12H2,1-6H3,(H,24,27)(H,25,28). The van der Waals surface area contributed by atoms with Crippen molar-refractivity contribution in [3.63, 3.8) is 0 Å². The number of rotatable bonds is 10. The molecule has 34 heavy (non-hydrogen) atoms. The van der Waals surface area contributed by atoms with Crippen molar-refractivity contribution >= 4 is 21.8 Å². The maximum Gasteiger partial charge on any atom is 0.269 e. The molecule has 0 aliphatic rings. The van der Waals surface area contributed by atoms with Gasteiger partial charge in [0.2, 0.25) is 10.0 Å². The van der Waals surface area contributed by atoms with Crippen molar-refractivity contribution in [1.29, 1.82) is 0 Å². The highest BCUT2D eigenvalue weighted by molar-refractivity contribution is 7.89. The van der Waals surface area contributed by atoms with Crippen molar-refractivity contribution in [2.45, 2.75) is 25.2 Å². The van der Waals surface area contributed by atoms with Gasteiger partial charge in [-0.1, -0.05) is 13.8 Å². The molecule has 0 saturated heterocycles. The highest BCUT2D eigenvalue weighted by Crippen LogP contribution is 2.29. The zero-order valence-electron chi connectivity index (χ0n) is 20.2. The van der Waals surface area contributed by atoms with Crippen molar-refractivity contribution in [2.75, 3.05) is 34.9 Å². The molecule has 0 heterocycles. The second-order valence-electron chi connectivity index (χ2n) is 7.96. The molecule has 186 valence electrons. The number of ether oxygens (including phenoxy) is 3. The number of amides is 2. The summed E-state index contributed by atoms with van der Waals surface area (Å²) < 4.78 is 42.2. The molecular weight excluding hydrogens is 462 g/mol. The van der Waals surface area contributed by atoms with E-state index in [9.17, 15) is 18.0 Å². The molecule has 2 N–H and O–H groups in total. The number of sulfonamides is 1. The zero-order valence-corrected chi connectivity index (χ0v) is 21.0. The highest BCUT2D eigenvalue weighted by Gasteiger charge is 2.24. The Balaban J connectivity index is 2.12. The maximum absolute atomic E-state index is 12.6. The number of methoxy groups -OCH3 is 2. The van der Waals surface area contributed by atoms with Crippen LogP contribution < -0.4 is 25.1 Å². The lowest BCUT2D eigenvalue weighted by molar-refractivity contribution is 0.0846. The number of nitrogens with zero attached hydrogens (tertiary/aromatic N) is 1. The Morgan fingerprint density at radius 3 is 1.91 bits per heavy atom. The van der Waals surface area contributed by atoms with Gasteiger partial charge in [-0.25, -0.2) is 12.7 Å². The van der Waals surface area contributed by atoms with Crippen LogP contribution in [0, 0.1) is 5.92 Å². The second-order valence-corrected chi connectivity index (χ2v) is 10.1. The molecule has 0 aliphatic heterocycles. The molecule has 2 aromatic carbocycles. The van der Waals surface area contributed by atoms with E-state index in [1.807, 2.05) is 0 Å². The molecule has 2 amide bonds. The Bertz CT molecular complexity index is 1130. The van der Waals surface area contributed by atoms with Gasteiger partial charge in [-0.05, 0) is 48.7 Å². The fourth-order valence-electron chi connectivity index (χ4n) is 2.81. The minimum atomic E-state index is -3.86. The zero-order chi connectivity index (χ0) is 25.5. The first-order valence-electron chi connectivity index (χ1n) is 10.5. The molecule has 10 nitrogen and oxygen atoms in total. The van der Waals surface area contributed by atoms with Gasteiger partial charge in [0.15, 0.2) is 11.5 Å². The minimum Gasteiger partial charge on any atom is -0.495 e. The predicted molar refractivity (Wildman–Crippen MR) is 127 cm³/mol. The van der Waals surface area contributed by atoms with Crippen molar-refractivity contribution in [3.05, 3.63) is 47.5 Å². The maximum atomic E-state index is 12.6. The predicted octanol–water partition coefficient (Wildman–Crippen LogP) is 2.45. The van der Waals surface area contributed by atoms with Crippen LogP contribution >= 0.6 is 0 Å². The van der Waals surface area contributed by atoms with Gasteiger partial charge in [0.25, 0.3) is 11.8 Å². The Labute approximate surface area is 200 Å². The monoisotopic (exact) mass is 493 g/mol. The van der Waals surface area contributed by atoms with Gasteiger partial charge in [0.05, 0.1) is 20.8 Å². The number of hydrogen-bond acceptors (Lipinski definition) is 7. The van der Waals surface area contributed by atoms with Gasteiger partial charge < -0.3 is 14.2 Å². The lowest BCUT2D eigenvalue weighted by Gasteiger charge is -2.16. The molecule has 0 fully saturated rings. The largest absolute Gasteiger partial charge is 0.495 e. The number of benzene rings is 2. The molecule has 0 aromatic heterocycles. The fourth-order valence-corrected chi connectivity index (χ4v) is 3.88. The number of nitrogens with one attached hydrogen (secondary N) is 2. The topological polar surface area (TPSA) is 123 Å². The fraction of sp³-hybridized carbons (Fsp3) is 0.391. The Kier molecular flexibility index (Phi) is 9.28. The lowest BCUT2D eigenvalue weighted by Crippen LogP contribution is -2.41. The minimum absolute atomic E-state index is 0.0213. The molecule has 0 radical (unpaired) electrons. The van der Waals surface area contributed by atoms with Crippen LogP contribution in [-0.2, 0) is 10.0 Å². The van der Waals surface area contributed by atoms with Crippen LogP contribution in [0.2, 0.25) is 0 Å². The van der Waals surface area contributed by atoms with Crippen molar-refractivity contribution in [3.8, 4) is 17.2 Å². The summed E-state index contributed by atoms with van der Waals surface area (Å²) in [5.74, 6) is 0.191. The molecule has 2 aromatic rings. The smallest absolute Gasteiger partial charge is 0.269 e. The van der Waals surface area contributed by atoms with Crippen LogP contribution in [0.1, 0.15) is 41.0 Å². The molecule has 0 unspecified atom stereocenters. The van der Waals surface area contributed by atoms with Crippen LogP contribution in [0.15, 0.2) is 41.3 Å². The molecule has 0 spiro atoms. The van der Waals surface area contributed by atoms with E-state index in [1.54, 1.807) is 12.1 Å². The molecule has 0 atom stereocenters. The van der Waals surface area contributed by atoms with Crippen LogP contribution in [0.5, 0.6) is 17.2 Å². The molecule has 2 rings (SSSR count). The SMILES string of the molecule is COc1cc(C(=O)NNC(=O)c2ccc(OC)c(S(=O)(=O)N(C)C)c2)ccc1OCCC(C)C. The van der Waals surface area contributed by atoms with E-state index in [1.165, 1.54) is 52.6 Å². The number of hydrogen-bond donors (Lipinski definition) is 2. The molecule has 11 heteroatoms. The van der Waals surface area contributed by atoms with Gasteiger partial charge in [-0.3, -0.25) is 20.4 Å². The Hall–Kier alpha value is -3.31. The summed E-state index contributed by atoms with van der Waals surface area (Å²) in [6, 6.07) is 8.61. The number of carbonyl (C=O) groups excluding carboxylic acids is 2. The number of carbonyl (C=O) groups is 2. The van der Waals surface area contributed by atoms with Crippen molar-refractivity contribution in [2.24, 2.45) is 5.92 Å². The Morgan fingerprint density at radius 1 is 0.882 bits per heavy atom. The lowest BCUT2D eigenvalue weighted by atomic mass is 10.1. The summed E-state index contributed by atoms with van der Waals surface area (Å²) in [5.41, 5.74) is 4.85.